The van der Waals surface area contributed by atoms with E-state index in [4.69, 9.17) is 8.94 Å². The molecule has 0 spiro atoms. The van der Waals surface area contributed by atoms with Gasteiger partial charge in [0, 0.05) is 30.9 Å². The number of rotatable bonds is 5. The third-order valence-electron chi connectivity index (χ3n) is 4.12. The van der Waals surface area contributed by atoms with E-state index in [1.54, 1.807) is 25.2 Å². The second-order valence-electron chi connectivity index (χ2n) is 5.90. The molecular formula is C17H20N4O4. The van der Waals surface area contributed by atoms with E-state index in [9.17, 15) is 9.59 Å². The van der Waals surface area contributed by atoms with Crippen LogP contribution < -0.4 is 16.4 Å². The van der Waals surface area contributed by atoms with Crippen LogP contribution in [-0.4, -0.2) is 22.3 Å². The Morgan fingerprint density at radius 2 is 2.12 bits per heavy atom. The Morgan fingerprint density at radius 3 is 2.84 bits per heavy atom. The lowest BCUT2D eigenvalue weighted by Gasteiger charge is -2.07. The number of hydrogen-bond acceptors (Lipinski definition) is 5. The number of fused-ring (bicyclic) bond motifs is 1. The molecule has 2 aromatic heterocycles. The zero-order chi connectivity index (χ0) is 18.0. The van der Waals surface area contributed by atoms with Gasteiger partial charge in [0.05, 0.1) is 11.2 Å². The van der Waals surface area contributed by atoms with Gasteiger partial charge in [0.1, 0.15) is 5.76 Å². The van der Waals surface area contributed by atoms with Crippen molar-refractivity contribution in [2.45, 2.75) is 26.7 Å². The zero-order valence-electron chi connectivity index (χ0n) is 14.4. The van der Waals surface area contributed by atoms with Crippen molar-refractivity contribution in [2.24, 2.45) is 7.05 Å². The number of urea groups is 1. The molecule has 3 aromatic rings. The Morgan fingerprint density at radius 1 is 1.32 bits per heavy atom. The first-order valence-electron chi connectivity index (χ1n) is 8.02. The highest BCUT2D eigenvalue weighted by atomic mass is 16.5. The second kappa shape index (κ2) is 6.84. The monoisotopic (exact) mass is 344 g/mol. The molecule has 0 aliphatic carbocycles. The predicted octanol–water partition coefficient (Wildman–Crippen LogP) is 2.49. The van der Waals surface area contributed by atoms with Gasteiger partial charge in [-0.1, -0.05) is 5.16 Å². The van der Waals surface area contributed by atoms with Crippen molar-refractivity contribution in [1.82, 2.24) is 15.0 Å². The first kappa shape index (κ1) is 16.8. The van der Waals surface area contributed by atoms with E-state index >= 15 is 0 Å². The summed E-state index contributed by atoms with van der Waals surface area (Å²) in [5.41, 5.74) is 3.65. The molecule has 0 radical (unpaired) electrons. The van der Waals surface area contributed by atoms with Crippen LogP contribution in [0.25, 0.3) is 11.1 Å². The molecule has 1 aromatic carbocycles. The van der Waals surface area contributed by atoms with Crippen LogP contribution in [-0.2, 0) is 13.5 Å². The predicted molar refractivity (Wildman–Crippen MR) is 92.8 cm³/mol. The first-order valence-corrected chi connectivity index (χ1v) is 8.02. The topological polar surface area (TPSA) is 102 Å². The molecule has 8 heteroatoms. The number of amides is 2. The maximum atomic E-state index is 12.0. The summed E-state index contributed by atoms with van der Waals surface area (Å²) in [6.07, 6.45) is 1.57. The number of carbonyl (C=O) groups is 1. The average Bonchev–Trinajstić information content (AvgIpc) is 3.04. The maximum absolute atomic E-state index is 12.0. The van der Waals surface area contributed by atoms with Crippen molar-refractivity contribution in [3.8, 4) is 0 Å². The molecule has 2 N–H and O–H groups in total. The molecule has 132 valence electrons. The fraction of sp³-hybridized carbons (Fsp3) is 0.353. The molecule has 2 heterocycles. The highest BCUT2D eigenvalue weighted by molar-refractivity contribution is 5.91. The van der Waals surface area contributed by atoms with E-state index in [1.807, 2.05) is 13.8 Å². The SMILES string of the molecule is Cc1noc(C)c1CCCNC(=O)Nc1ccc2c(c1)oc(=O)n2C. The first-order chi connectivity index (χ1) is 12.0. The van der Waals surface area contributed by atoms with E-state index in [0.717, 1.165) is 29.9 Å². The number of aromatic nitrogens is 2. The molecule has 0 atom stereocenters. The Labute approximate surface area is 143 Å². The number of carbonyl (C=O) groups excluding carboxylic acids is 1. The van der Waals surface area contributed by atoms with Crippen molar-refractivity contribution in [2.75, 3.05) is 11.9 Å². The van der Waals surface area contributed by atoms with Crippen LogP contribution in [0.3, 0.4) is 0 Å². The lowest BCUT2D eigenvalue weighted by molar-refractivity contribution is 0.252. The summed E-state index contributed by atoms with van der Waals surface area (Å²) >= 11 is 0. The third-order valence-corrected chi connectivity index (χ3v) is 4.12. The van der Waals surface area contributed by atoms with Gasteiger partial charge >= 0.3 is 11.8 Å². The van der Waals surface area contributed by atoms with Crippen LogP contribution >= 0.6 is 0 Å². The van der Waals surface area contributed by atoms with Gasteiger partial charge in [0.2, 0.25) is 0 Å². The molecule has 0 saturated heterocycles. The molecule has 0 unspecified atom stereocenters. The highest BCUT2D eigenvalue weighted by Crippen LogP contribution is 2.17. The van der Waals surface area contributed by atoms with Crippen molar-refractivity contribution < 1.29 is 13.7 Å². The fourth-order valence-electron chi connectivity index (χ4n) is 2.71. The van der Waals surface area contributed by atoms with Crippen molar-refractivity contribution >= 4 is 22.8 Å². The maximum Gasteiger partial charge on any atom is 0.419 e. The summed E-state index contributed by atoms with van der Waals surface area (Å²) in [4.78, 5) is 23.4. The molecule has 2 amide bonds. The second-order valence-corrected chi connectivity index (χ2v) is 5.90. The number of nitrogens with one attached hydrogen (secondary N) is 2. The molecule has 25 heavy (non-hydrogen) atoms. The largest absolute Gasteiger partial charge is 0.419 e. The van der Waals surface area contributed by atoms with Gasteiger partial charge in [-0.15, -0.1) is 0 Å². The van der Waals surface area contributed by atoms with Gasteiger partial charge in [-0.3, -0.25) is 4.57 Å². The Kier molecular flexibility index (Phi) is 4.60. The molecule has 0 aliphatic heterocycles. The van der Waals surface area contributed by atoms with Gasteiger partial charge in [0.15, 0.2) is 5.58 Å². The smallest absolute Gasteiger partial charge is 0.408 e. The Balaban J connectivity index is 1.52. The van der Waals surface area contributed by atoms with Crippen molar-refractivity contribution in [3.63, 3.8) is 0 Å². The van der Waals surface area contributed by atoms with Gasteiger partial charge < -0.3 is 19.6 Å². The molecular weight excluding hydrogens is 324 g/mol. The summed E-state index contributed by atoms with van der Waals surface area (Å²) in [6.45, 7) is 4.32. The lowest BCUT2D eigenvalue weighted by atomic mass is 10.1. The Hall–Kier alpha value is -3.03. The minimum atomic E-state index is -0.434. The number of nitrogens with zero attached hydrogens (tertiary/aromatic N) is 2. The normalized spacial score (nSPS) is 11.0. The van der Waals surface area contributed by atoms with Crippen LogP contribution in [0.5, 0.6) is 0 Å². The standard InChI is InChI=1S/C17H20N4O4/c1-10-13(11(2)25-20-10)5-4-8-18-16(22)19-12-6-7-14-15(9-12)24-17(23)21(14)3/h6-7,9H,4-5,8H2,1-3H3,(H2,18,19,22). The molecule has 0 fully saturated rings. The van der Waals surface area contributed by atoms with Crippen LogP contribution in [0.15, 0.2) is 31.9 Å². The highest BCUT2D eigenvalue weighted by Gasteiger charge is 2.10. The summed E-state index contributed by atoms with van der Waals surface area (Å²) in [5, 5.41) is 9.44. The van der Waals surface area contributed by atoms with E-state index in [1.165, 1.54) is 4.57 Å². The fourth-order valence-corrected chi connectivity index (χ4v) is 2.71. The zero-order valence-corrected chi connectivity index (χ0v) is 14.4. The summed E-state index contributed by atoms with van der Waals surface area (Å²) in [6, 6.07) is 4.77. The van der Waals surface area contributed by atoms with E-state index in [-0.39, 0.29) is 6.03 Å². The molecule has 0 bridgehead atoms. The number of aryl methyl sites for hydroxylation is 3. The van der Waals surface area contributed by atoms with Crippen LogP contribution in [0.4, 0.5) is 10.5 Å². The third kappa shape index (κ3) is 3.57. The van der Waals surface area contributed by atoms with Gasteiger partial charge in [0.25, 0.3) is 0 Å². The number of benzene rings is 1. The molecule has 0 saturated carbocycles. The van der Waals surface area contributed by atoms with Crippen LogP contribution in [0, 0.1) is 13.8 Å². The summed E-state index contributed by atoms with van der Waals surface area (Å²) in [5.74, 6) is 0.385. The quantitative estimate of drug-likeness (QED) is 0.692. The van der Waals surface area contributed by atoms with Gasteiger partial charge in [-0.25, -0.2) is 9.59 Å². The lowest BCUT2D eigenvalue weighted by Crippen LogP contribution is -2.29. The van der Waals surface area contributed by atoms with Crippen LogP contribution in [0.2, 0.25) is 0 Å². The van der Waals surface area contributed by atoms with Crippen LogP contribution in [0.1, 0.15) is 23.4 Å². The number of anilines is 1. The molecule has 3 rings (SSSR count). The summed E-state index contributed by atoms with van der Waals surface area (Å²) in [7, 11) is 1.63. The van der Waals surface area contributed by atoms with Gasteiger partial charge in [-0.05, 0) is 38.8 Å². The van der Waals surface area contributed by atoms with Crippen molar-refractivity contribution in [1.29, 1.82) is 0 Å². The Bertz CT molecular complexity index is 947. The number of hydrogen-bond donors (Lipinski definition) is 2. The molecule has 0 aliphatic rings. The minimum absolute atomic E-state index is 0.309. The minimum Gasteiger partial charge on any atom is -0.408 e. The molecule has 8 nitrogen and oxygen atoms in total. The van der Waals surface area contributed by atoms with E-state index in [0.29, 0.717) is 23.3 Å². The average molecular weight is 344 g/mol. The number of oxazole rings is 1. The van der Waals surface area contributed by atoms with Gasteiger partial charge in [-0.2, -0.15) is 0 Å². The van der Waals surface area contributed by atoms with E-state index < -0.39 is 5.76 Å². The summed E-state index contributed by atoms with van der Waals surface area (Å²) < 4.78 is 11.6. The van der Waals surface area contributed by atoms with E-state index in [2.05, 4.69) is 15.8 Å². The van der Waals surface area contributed by atoms with Crippen molar-refractivity contribution in [3.05, 3.63) is 45.8 Å².